The molecule has 0 bridgehead atoms. The molecule has 1 aliphatic rings. The first kappa shape index (κ1) is 15.5. The normalized spacial score (nSPS) is 19.5. The van der Waals surface area contributed by atoms with Gasteiger partial charge in [0.25, 0.3) is 0 Å². The average Bonchev–Trinajstić information content (AvgIpc) is 2.94. The van der Waals surface area contributed by atoms with E-state index < -0.39 is 0 Å². The fourth-order valence-electron chi connectivity index (χ4n) is 2.92. The molecule has 0 saturated carbocycles. The molecule has 1 aliphatic heterocycles. The Morgan fingerprint density at radius 1 is 1.27 bits per heavy atom. The van der Waals surface area contributed by atoms with Crippen molar-refractivity contribution in [2.45, 2.75) is 32.0 Å². The van der Waals surface area contributed by atoms with Crippen LogP contribution >= 0.6 is 11.6 Å². The predicted molar refractivity (Wildman–Crippen MR) is 85.3 cm³/mol. The first-order valence-electron chi connectivity index (χ1n) is 7.64. The molecule has 5 heteroatoms. The van der Waals surface area contributed by atoms with E-state index in [0.717, 1.165) is 37.3 Å². The van der Waals surface area contributed by atoms with Crippen LogP contribution in [0.25, 0.3) is 0 Å². The highest BCUT2D eigenvalue weighted by molar-refractivity contribution is 6.28. The third-order valence-corrected chi connectivity index (χ3v) is 4.25. The first-order valence-corrected chi connectivity index (χ1v) is 8.02. The maximum atomic E-state index is 13.7. The van der Waals surface area contributed by atoms with Crippen LogP contribution in [0, 0.1) is 5.82 Å². The van der Waals surface area contributed by atoms with Crippen LogP contribution in [0.4, 0.5) is 4.39 Å². The summed E-state index contributed by atoms with van der Waals surface area (Å²) in [5, 5.41) is 3.91. The summed E-state index contributed by atoms with van der Waals surface area (Å²) >= 11 is 5.77. The van der Waals surface area contributed by atoms with E-state index in [4.69, 9.17) is 16.0 Å². The van der Waals surface area contributed by atoms with Crippen LogP contribution in [0.15, 0.2) is 40.8 Å². The van der Waals surface area contributed by atoms with Crippen molar-refractivity contribution >= 4 is 11.6 Å². The highest BCUT2D eigenvalue weighted by Gasteiger charge is 2.20. The Kier molecular flexibility index (Phi) is 5.13. The quantitative estimate of drug-likeness (QED) is 0.907. The number of halogens is 2. The van der Waals surface area contributed by atoms with Gasteiger partial charge in [-0.3, -0.25) is 4.90 Å². The molecule has 0 spiro atoms. The highest BCUT2D eigenvalue weighted by atomic mass is 35.5. The molecule has 1 fully saturated rings. The summed E-state index contributed by atoms with van der Waals surface area (Å²) in [5.41, 5.74) is 0.765. The Morgan fingerprint density at radius 2 is 2.14 bits per heavy atom. The van der Waals surface area contributed by atoms with Crippen LogP contribution in [-0.4, -0.2) is 24.0 Å². The van der Waals surface area contributed by atoms with Gasteiger partial charge in [0.05, 0.1) is 6.54 Å². The van der Waals surface area contributed by atoms with E-state index in [9.17, 15) is 4.39 Å². The number of rotatable bonds is 5. The van der Waals surface area contributed by atoms with Crippen molar-refractivity contribution in [2.75, 3.05) is 13.1 Å². The maximum Gasteiger partial charge on any atom is 0.193 e. The summed E-state index contributed by atoms with van der Waals surface area (Å²) in [7, 11) is 0. The van der Waals surface area contributed by atoms with E-state index in [1.165, 1.54) is 6.07 Å². The number of piperidine rings is 1. The van der Waals surface area contributed by atoms with Crippen molar-refractivity contribution in [3.05, 3.63) is 58.8 Å². The molecule has 1 unspecified atom stereocenters. The van der Waals surface area contributed by atoms with Gasteiger partial charge in [-0.05, 0) is 49.2 Å². The molecule has 2 aromatic rings. The van der Waals surface area contributed by atoms with Crippen LogP contribution in [0.5, 0.6) is 0 Å². The summed E-state index contributed by atoms with van der Waals surface area (Å²) in [4.78, 5) is 2.30. The summed E-state index contributed by atoms with van der Waals surface area (Å²) in [5.74, 6) is 0.721. The molecule has 1 aromatic heterocycles. The minimum atomic E-state index is -0.122. The second-order valence-electron chi connectivity index (χ2n) is 5.75. The molecule has 1 aromatic carbocycles. The van der Waals surface area contributed by atoms with Gasteiger partial charge in [0, 0.05) is 24.7 Å². The van der Waals surface area contributed by atoms with Crippen LogP contribution < -0.4 is 5.32 Å². The topological polar surface area (TPSA) is 28.4 Å². The smallest absolute Gasteiger partial charge is 0.193 e. The van der Waals surface area contributed by atoms with Gasteiger partial charge in [-0.25, -0.2) is 4.39 Å². The third kappa shape index (κ3) is 4.09. The second kappa shape index (κ2) is 7.27. The number of nitrogens with one attached hydrogen (secondary N) is 1. The maximum absolute atomic E-state index is 13.7. The molecule has 2 heterocycles. The number of furan rings is 1. The van der Waals surface area contributed by atoms with Crippen molar-refractivity contribution in [3.63, 3.8) is 0 Å². The SMILES string of the molecule is Fc1ccccc1CN1CCCC(NCc2ccc(Cl)o2)C1. The van der Waals surface area contributed by atoms with Gasteiger partial charge in [-0.1, -0.05) is 18.2 Å². The number of nitrogens with zero attached hydrogens (tertiary/aromatic N) is 1. The largest absolute Gasteiger partial charge is 0.448 e. The number of hydrogen-bond acceptors (Lipinski definition) is 3. The molecule has 118 valence electrons. The lowest BCUT2D eigenvalue weighted by Crippen LogP contribution is -2.45. The van der Waals surface area contributed by atoms with E-state index >= 15 is 0 Å². The minimum Gasteiger partial charge on any atom is -0.448 e. The van der Waals surface area contributed by atoms with Crippen molar-refractivity contribution in [3.8, 4) is 0 Å². The van der Waals surface area contributed by atoms with Gasteiger partial charge in [-0.2, -0.15) is 0 Å². The predicted octanol–water partition coefficient (Wildman–Crippen LogP) is 3.83. The lowest BCUT2D eigenvalue weighted by Gasteiger charge is -2.33. The van der Waals surface area contributed by atoms with Gasteiger partial charge in [0.15, 0.2) is 5.22 Å². The Morgan fingerprint density at radius 3 is 2.91 bits per heavy atom. The number of likely N-dealkylation sites (tertiary alicyclic amines) is 1. The zero-order valence-electron chi connectivity index (χ0n) is 12.4. The van der Waals surface area contributed by atoms with Gasteiger partial charge < -0.3 is 9.73 Å². The Bertz CT molecular complexity index is 616. The lowest BCUT2D eigenvalue weighted by molar-refractivity contribution is 0.179. The summed E-state index contributed by atoms with van der Waals surface area (Å²) in [6, 6.07) is 11.0. The zero-order chi connectivity index (χ0) is 15.4. The zero-order valence-corrected chi connectivity index (χ0v) is 13.2. The van der Waals surface area contributed by atoms with E-state index in [-0.39, 0.29) is 5.82 Å². The molecule has 1 N–H and O–H groups in total. The second-order valence-corrected chi connectivity index (χ2v) is 6.12. The molecule has 0 radical (unpaired) electrons. The van der Waals surface area contributed by atoms with Crippen LogP contribution in [-0.2, 0) is 13.1 Å². The van der Waals surface area contributed by atoms with Gasteiger partial charge in [-0.15, -0.1) is 0 Å². The van der Waals surface area contributed by atoms with E-state index in [1.807, 2.05) is 18.2 Å². The molecule has 1 atom stereocenters. The number of benzene rings is 1. The van der Waals surface area contributed by atoms with E-state index in [2.05, 4.69) is 10.2 Å². The fraction of sp³-hybridized carbons (Fsp3) is 0.412. The van der Waals surface area contributed by atoms with E-state index in [0.29, 0.717) is 24.4 Å². The minimum absolute atomic E-state index is 0.122. The molecular formula is C17H20ClFN2O. The van der Waals surface area contributed by atoms with Crippen molar-refractivity contribution < 1.29 is 8.81 Å². The summed E-state index contributed by atoms with van der Waals surface area (Å²) in [6.45, 7) is 3.27. The summed E-state index contributed by atoms with van der Waals surface area (Å²) < 4.78 is 19.1. The molecule has 0 amide bonds. The monoisotopic (exact) mass is 322 g/mol. The molecule has 0 aliphatic carbocycles. The van der Waals surface area contributed by atoms with Gasteiger partial charge in [0.1, 0.15) is 11.6 Å². The van der Waals surface area contributed by atoms with Crippen LogP contribution in [0.3, 0.4) is 0 Å². The van der Waals surface area contributed by atoms with Crippen molar-refractivity contribution in [2.24, 2.45) is 0 Å². The molecule has 22 heavy (non-hydrogen) atoms. The average molecular weight is 323 g/mol. The lowest BCUT2D eigenvalue weighted by atomic mass is 10.0. The Balaban J connectivity index is 1.52. The molecule has 1 saturated heterocycles. The standard InChI is InChI=1S/C17H20ClFN2O/c18-17-8-7-15(22-17)10-20-14-5-3-9-21(12-14)11-13-4-1-2-6-16(13)19/h1-2,4,6-8,14,20H,3,5,9-12H2. The first-order chi connectivity index (χ1) is 10.7. The fourth-order valence-corrected chi connectivity index (χ4v) is 3.09. The Hall–Kier alpha value is -1.36. The van der Waals surface area contributed by atoms with Crippen LogP contribution in [0.2, 0.25) is 5.22 Å². The highest BCUT2D eigenvalue weighted by Crippen LogP contribution is 2.17. The third-order valence-electron chi connectivity index (χ3n) is 4.05. The molecular weight excluding hydrogens is 303 g/mol. The van der Waals surface area contributed by atoms with Crippen LogP contribution in [0.1, 0.15) is 24.2 Å². The van der Waals surface area contributed by atoms with Gasteiger partial charge >= 0.3 is 0 Å². The van der Waals surface area contributed by atoms with Crippen molar-refractivity contribution in [1.29, 1.82) is 0 Å². The van der Waals surface area contributed by atoms with Gasteiger partial charge in [0.2, 0.25) is 0 Å². The Labute approximate surface area is 135 Å². The molecule has 3 nitrogen and oxygen atoms in total. The van der Waals surface area contributed by atoms with E-state index in [1.54, 1.807) is 12.1 Å². The molecule has 3 rings (SSSR count). The summed E-state index contributed by atoms with van der Waals surface area (Å²) in [6.07, 6.45) is 2.24. The number of hydrogen-bond donors (Lipinski definition) is 1. The van der Waals surface area contributed by atoms with Crippen molar-refractivity contribution in [1.82, 2.24) is 10.2 Å².